The van der Waals surface area contributed by atoms with Crippen molar-refractivity contribution in [1.82, 2.24) is 20.0 Å². The standard InChI is InChI=1S/C19H28N4O3S2/c1-14-18(15(2)23(21-14)16-7-10-28(25,26)13-16)11-22(3)12-19(24)20-8-6-17-5-4-9-27-17/h4-5,9,16H,6-8,10-13H2,1-3H3,(H,20,24)/t16-/m0/s1. The summed E-state index contributed by atoms with van der Waals surface area (Å²) in [7, 11) is -1.04. The third kappa shape index (κ3) is 5.21. The molecule has 28 heavy (non-hydrogen) atoms. The topological polar surface area (TPSA) is 84.3 Å². The van der Waals surface area contributed by atoms with Crippen LogP contribution in [0.25, 0.3) is 0 Å². The predicted octanol–water partition coefficient (Wildman–Crippen LogP) is 1.71. The summed E-state index contributed by atoms with van der Waals surface area (Å²) in [6.45, 7) is 5.48. The molecule has 154 valence electrons. The molecule has 1 aliphatic heterocycles. The number of hydrogen-bond donors (Lipinski definition) is 1. The van der Waals surface area contributed by atoms with E-state index in [-0.39, 0.29) is 23.5 Å². The van der Waals surface area contributed by atoms with Gasteiger partial charge in [0.2, 0.25) is 5.91 Å². The summed E-state index contributed by atoms with van der Waals surface area (Å²) in [5.74, 6) is 0.400. The van der Waals surface area contributed by atoms with E-state index in [1.807, 2.05) is 41.9 Å². The second-order valence-corrected chi connectivity index (χ2v) is 10.8. The fourth-order valence-electron chi connectivity index (χ4n) is 3.66. The van der Waals surface area contributed by atoms with Crippen LogP contribution in [0.2, 0.25) is 0 Å². The van der Waals surface area contributed by atoms with Crippen molar-refractivity contribution in [2.75, 3.05) is 31.6 Å². The zero-order valence-electron chi connectivity index (χ0n) is 16.6. The van der Waals surface area contributed by atoms with E-state index in [1.165, 1.54) is 4.88 Å². The molecular weight excluding hydrogens is 396 g/mol. The lowest BCUT2D eigenvalue weighted by Gasteiger charge is -2.17. The van der Waals surface area contributed by atoms with Gasteiger partial charge in [0.15, 0.2) is 9.84 Å². The first kappa shape index (κ1) is 21.0. The largest absolute Gasteiger partial charge is 0.355 e. The van der Waals surface area contributed by atoms with E-state index >= 15 is 0 Å². The van der Waals surface area contributed by atoms with Gasteiger partial charge in [0.25, 0.3) is 0 Å². The molecule has 7 nitrogen and oxygen atoms in total. The van der Waals surface area contributed by atoms with Crippen LogP contribution in [0.15, 0.2) is 17.5 Å². The summed E-state index contributed by atoms with van der Waals surface area (Å²) in [5, 5.41) is 9.60. The van der Waals surface area contributed by atoms with E-state index in [9.17, 15) is 13.2 Å². The number of amides is 1. The number of aromatic nitrogens is 2. The van der Waals surface area contributed by atoms with Crippen LogP contribution >= 0.6 is 11.3 Å². The molecule has 0 bridgehead atoms. The van der Waals surface area contributed by atoms with Gasteiger partial charge in [-0.15, -0.1) is 11.3 Å². The highest BCUT2D eigenvalue weighted by Gasteiger charge is 2.31. The maximum atomic E-state index is 12.2. The third-order valence-corrected chi connectivity index (χ3v) is 7.83. The van der Waals surface area contributed by atoms with Crippen molar-refractivity contribution in [1.29, 1.82) is 0 Å². The molecule has 0 aliphatic carbocycles. The predicted molar refractivity (Wildman–Crippen MR) is 111 cm³/mol. The molecule has 1 amide bonds. The summed E-state index contributed by atoms with van der Waals surface area (Å²) in [4.78, 5) is 15.4. The maximum absolute atomic E-state index is 12.2. The van der Waals surface area contributed by atoms with Gasteiger partial charge in [0, 0.05) is 29.2 Å². The maximum Gasteiger partial charge on any atom is 0.234 e. The van der Waals surface area contributed by atoms with Crippen LogP contribution in [0.3, 0.4) is 0 Å². The molecule has 2 aromatic heterocycles. The van der Waals surface area contributed by atoms with Crippen LogP contribution in [0, 0.1) is 13.8 Å². The number of rotatable bonds is 8. The fourth-order valence-corrected chi connectivity index (χ4v) is 6.06. The van der Waals surface area contributed by atoms with E-state index in [4.69, 9.17) is 0 Å². The van der Waals surface area contributed by atoms with E-state index in [1.54, 1.807) is 11.3 Å². The summed E-state index contributed by atoms with van der Waals surface area (Å²) in [6.07, 6.45) is 1.47. The van der Waals surface area contributed by atoms with Crippen LogP contribution in [0.1, 0.15) is 34.3 Å². The van der Waals surface area contributed by atoms with Crippen molar-refractivity contribution in [3.05, 3.63) is 39.3 Å². The van der Waals surface area contributed by atoms with E-state index in [0.29, 0.717) is 26.1 Å². The van der Waals surface area contributed by atoms with Gasteiger partial charge in [0.1, 0.15) is 0 Å². The molecule has 0 aromatic carbocycles. The van der Waals surface area contributed by atoms with Crippen molar-refractivity contribution in [3.63, 3.8) is 0 Å². The Morgan fingerprint density at radius 3 is 2.86 bits per heavy atom. The summed E-state index contributed by atoms with van der Waals surface area (Å²) in [5.41, 5.74) is 2.95. The van der Waals surface area contributed by atoms with Crippen molar-refractivity contribution < 1.29 is 13.2 Å². The second kappa shape index (κ2) is 8.75. The lowest BCUT2D eigenvalue weighted by Crippen LogP contribution is -2.36. The van der Waals surface area contributed by atoms with Crippen molar-refractivity contribution in [2.24, 2.45) is 0 Å². The first-order valence-corrected chi connectivity index (χ1v) is 12.2. The highest BCUT2D eigenvalue weighted by molar-refractivity contribution is 7.91. The van der Waals surface area contributed by atoms with Gasteiger partial charge < -0.3 is 5.32 Å². The number of aryl methyl sites for hydroxylation is 1. The second-order valence-electron chi connectivity index (χ2n) is 7.50. The van der Waals surface area contributed by atoms with Crippen LogP contribution in [-0.4, -0.2) is 60.6 Å². The minimum Gasteiger partial charge on any atom is -0.355 e. The van der Waals surface area contributed by atoms with Gasteiger partial charge in [-0.05, 0) is 45.2 Å². The number of carbonyl (C=O) groups is 1. The average molecular weight is 425 g/mol. The number of hydrogen-bond acceptors (Lipinski definition) is 6. The van der Waals surface area contributed by atoms with Crippen LogP contribution in [0.5, 0.6) is 0 Å². The Kier molecular flexibility index (Phi) is 6.57. The molecule has 0 saturated carbocycles. The number of carbonyl (C=O) groups excluding carboxylic acids is 1. The van der Waals surface area contributed by atoms with E-state index < -0.39 is 9.84 Å². The van der Waals surface area contributed by atoms with Crippen LogP contribution in [-0.2, 0) is 27.6 Å². The summed E-state index contributed by atoms with van der Waals surface area (Å²) >= 11 is 1.70. The van der Waals surface area contributed by atoms with E-state index in [2.05, 4.69) is 16.5 Å². The molecule has 0 spiro atoms. The Morgan fingerprint density at radius 1 is 1.43 bits per heavy atom. The molecule has 0 unspecified atom stereocenters. The summed E-state index contributed by atoms with van der Waals surface area (Å²) < 4.78 is 25.4. The highest BCUT2D eigenvalue weighted by atomic mass is 32.2. The third-order valence-electron chi connectivity index (χ3n) is 5.14. The lowest BCUT2D eigenvalue weighted by atomic mass is 10.1. The first-order valence-electron chi connectivity index (χ1n) is 9.48. The smallest absolute Gasteiger partial charge is 0.234 e. The van der Waals surface area contributed by atoms with Gasteiger partial charge in [-0.3, -0.25) is 14.4 Å². The molecule has 1 saturated heterocycles. The van der Waals surface area contributed by atoms with Crippen LogP contribution in [0.4, 0.5) is 0 Å². The zero-order chi connectivity index (χ0) is 20.3. The molecular formula is C19H28N4O3S2. The van der Waals surface area contributed by atoms with Crippen molar-refractivity contribution >= 4 is 27.1 Å². The number of nitrogens with one attached hydrogen (secondary N) is 1. The lowest BCUT2D eigenvalue weighted by molar-refractivity contribution is -0.122. The van der Waals surface area contributed by atoms with Gasteiger partial charge in [0.05, 0.1) is 29.8 Å². The van der Waals surface area contributed by atoms with Gasteiger partial charge >= 0.3 is 0 Å². The quantitative estimate of drug-likeness (QED) is 0.697. The minimum atomic E-state index is -2.95. The molecule has 1 aliphatic rings. The minimum absolute atomic E-state index is 0.00337. The zero-order valence-corrected chi connectivity index (χ0v) is 18.3. The van der Waals surface area contributed by atoms with Gasteiger partial charge in [-0.25, -0.2) is 8.42 Å². The number of sulfone groups is 1. The van der Waals surface area contributed by atoms with Gasteiger partial charge in [-0.1, -0.05) is 6.07 Å². The number of nitrogens with zero attached hydrogens (tertiary/aromatic N) is 3. The molecule has 2 aromatic rings. The molecule has 9 heteroatoms. The fraction of sp³-hybridized carbons (Fsp3) is 0.579. The number of thiophene rings is 1. The highest BCUT2D eigenvalue weighted by Crippen LogP contribution is 2.27. The molecule has 0 radical (unpaired) electrons. The van der Waals surface area contributed by atoms with Gasteiger partial charge in [-0.2, -0.15) is 5.10 Å². The monoisotopic (exact) mass is 424 g/mol. The Labute approximate surface area is 170 Å². The van der Waals surface area contributed by atoms with Crippen LogP contribution < -0.4 is 5.32 Å². The molecule has 3 rings (SSSR count). The summed E-state index contributed by atoms with van der Waals surface area (Å²) in [6, 6.07) is 4.01. The Hall–Kier alpha value is -1.71. The molecule has 1 atom stereocenters. The molecule has 3 heterocycles. The Balaban J connectivity index is 1.53. The average Bonchev–Trinajstić information content (AvgIpc) is 3.31. The first-order chi connectivity index (χ1) is 13.2. The normalized spacial score (nSPS) is 18.6. The Morgan fingerprint density at radius 2 is 2.21 bits per heavy atom. The van der Waals surface area contributed by atoms with Crippen molar-refractivity contribution in [3.8, 4) is 0 Å². The molecule has 1 fully saturated rings. The SMILES string of the molecule is Cc1nn([C@H]2CCS(=O)(=O)C2)c(C)c1CN(C)CC(=O)NCCc1cccs1. The molecule has 1 N–H and O–H groups in total. The van der Waals surface area contributed by atoms with Crippen molar-refractivity contribution in [2.45, 2.75) is 39.3 Å². The Bertz CT molecular complexity index is 919. The van der Waals surface area contributed by atoms with E-state index in [0.717, 1.165) is 23.4 Å². The number of likely N-dealkylation sites (N-methyl/N-ethyl adjacent to an activating group) is 1.